The average Bonchev–Trinajstić information content (AvgIpc) is 3.39. The number of nitrogens with one attached hydrogen (secondary N) is 1. The zero-order valence-corrected chi connectivity index (χ0v) is 22.2. The van der Waals surface area contributed by atoms with E-state index in [1.54, 1.807) is 0 Å². The number of fused-ring (bicyclic) bond motifs is 1. The Morgan fingerprint density at radius 2 is 1.78 bits per heavy atom. The van der Waals surface area contributed by atoms with Gasteiger partial charge in [-0.15, -0.1) is 5.10 Å². The molecule has 1 fully saturated rings. The molecule has 194 valence electrons. The van der Waals surface area contributed by atoms with Crippen molar-refractivity contribution in [2.45, 2.75) is 84.5 Å². The fourth-order valence-corrected chi connectivity index (χ4v) is 5.79. The quantitative estimate of drug-likeness (QED) is 0.307. The van der Waals surface area contributed by atoms with Gasteiger partial charge in [-0.2, -0.15) is 0 Å². The Hall–Kier alpha value is -3.32. The molecule has 1 atom stereocenters. The summed E-state index contributed by atoms with van der Waals surface area (Å²) >= 11 is 0. The standard InChI is InChI=1S/C30H38N6O/c1-4-22-15-16-27-24(17-22)18-25(30(37)31-27)20-35(19-23-11-7-5-8-12-23)28(21(2)3)29-32-33-34-36(29)26-13-9-6-10-14-26/h5,7-8,11-12,15-18,21,26,28H,4,6,9-10,13-14,19-20H2,1-3H3,(H,31,37). The number of nitrogens with zero attached hydrogens (tertiary/aromatic N) is 5. The predicted octanol–water partition coefficient (Wildman–Crippen LogP) is 5.98. The van der Waals surface area contributed by atoms with Crippen molar-refractivity contribution in [3.05, 3.63) is 87.5 Å². The van der Waals surface area contributed by atoms with E-state index in [1.165, 1.54) is 30.4 Å². The van der Waals surface area contributed by atoms with E-state index >= 15 is 0 Å². The molecule has 0 bridgehead atoms. The number of H-pyrrole nitrogens is 1. The number of benzene rings is 2. The lowest BCUT2D eigenvalue weighted by Gasteiger charge is -2.35. The smallest absolute Gasteiger partial charge is 0.252 e. The lowest BCUT2D eigenvalue weighted by atomic mass is 9.94. The van der Waals surface area contributed by atoms with Gasteiger partial charge in [0.05, 0.1) is 12.1 Å². The molecular formula is C30H38N6O. The third kappa shape index (κ3) is 5.67. The minimum Gasteiger partial charge on any atom is -0.322 e. The van der Waals surface area contributed by atoms with Crippen LogP contribution in [0.3, 0.4) is 0 Å². The van der Waals surface area contributed by atoms with Gasteiger partial charge in [0.25, 0.3) is 5.56 Å². The first-order valence-electron chi connectivity index (χ1n) is 13.7. The Balaban J connectivity index is 1.55. The first-order chi connectivity index (χ1) is 18.0. The summed E-state index contributed by atoms with van der Waals surface area (Å²) in [5.74, 6) is 1.16. The lowest BCUT2D eigenvalue weighted by molar-refractivity contribution is 0.121. The summed E-state index contributed by atoms with van der Waals surface area (Å²) in [5, 5.41) is 14.3. The van der Waals surface area contributed by atoms with Crippen molar-refractivity contribution in [1.82, 2.24) is 30.1 Å². The van der Waals surface area contributed by atoms with Gasteiger partial charge in [0, 0.05) is 24.2 Å². The highest BCUT2D eigenvalue weighted by atomic mass is 16.1. The Morgan fingerprint density at radius 1 is 1.00 bits per heavy atom. The molecular weight excluding hydrogens is 460 g/mol. The van der Waals surface area contributed by atoms with Gasteiger partial charge in [-0.05, 0) is 70.3 Å². The van der Waals surface area contributed by atoms with Gasteiger partial charge in [-0.25, -0.2) is 4.68 Å². The molecule has 2 heterocycles. The van der Waals surface area contributed by atoms with Crippen molar-refractivity contribution < 1.29 is 0 Å². The molecule has 37 heavy (non-hydrogen) atoms. The van der Waals surface area contributed by atoms with Gasteiger partial charge in [-0.1, -0.05) is 76.4 Å². The maximum atomic E-state index is 13.2. The molecule has 0 spiro atoms. The van der Waals surface area contributed by atoms with Crippen LogP contribution in [0.1, 0.15) is 87.5 Å². The van der Waals surface area contributed by atoms with E-state index in [-0.39, 0.29) is 17.5 Å². The molecule has 2 aromatic carbocycles. The van der Waals surface area contributed by atoms with E-state index in [1.807, 2.05) is 12.1 Å². The molecule has 1 N–H and O–H groups in total. The summed E-state index contributed by atoms with van der Waals surface area (Å²) in [6.07, 6.45) is 6.92. The number of aromatic nitrogens is 5. The first-order valence-corrected chi connectivity index (χ1v) is 13.7. The second-order valence-corrected chi connectivity index (χ2v) is 10.8. The SMILES string of the molecule is CCc1ccc2[nH]c(=O)c(CN(Cc3ccccc3)C(c3nnnn3C3CCCCC3)C(C)C)cc2c1. The molecule has 1 aliphatic rings. The molecule has 7 heteroatoms. The number of hydrogen-bond acceptors (Lipinski definition) is 5. The number of aromatic amines is 1. The largest absolute Gasteiger partial charge is 0.322 e. The Morgan fingerprint density at radius 3 is 2.51 bits per heavy atom. The van der Waals surface area contributed by atoms with Crippen molar-refractivity contribution in [2.75, 3.05) is 0 Å². The van der Waals surface area contributed by atoms with Gasteiger partial charge in [-0.3, -0.25) is 9.69 Å². The van der Waals surface area contributed by atoms with Crippen LogP contribution in [0.5, 0.6) is 0 Å². The van der Waals surface area contributed by atoms with Crippen LogP contribution in [0.2, 0.25) is 0 Å². The lowest BCUT2D eigenvalue weighted by Crippen LogP contribution is -2.36. The fourth-order valence-electron chi connectivity index (χ4n) is 5.79. The van der Waals surface area contributed by atoms with Crippen molar-refractivity contribution in [3.63, 3.8) is 0 Å². The zero-order valence-electron chi connectivity index (χ0n) is 22.2. The molecule has 2 aromatic heterocycles. The Bertz CT molecular complexity index is 1370. The van der Waals surface area contributed by atoms with Crippen molar-refractivity contribution >= 4 is 10.9 Å². The number of pyridine rings is 1. The fraction of sp³-hybridized carbons (Fsp3) is 0.467. The van der Waals surface area contributed by atoms with Crippen molar-refractivity contribution in [1.29, 1.82) is 0 Å². The molecule has 0 saturated heterocycles. The molecule has 0 aliphatic heterocycles. The van der Waals surface area contributed by atoms with Gasteiger partial charge in [0.2, 0.25) is 0 Å². The molecule has 1 saturated carbocycles. The normalized spacial score (nSPS) is 15.6. The van der Waals surface area contributed by atoms with Crippen LogP contribution in [-0.2, 0) is 19.5 Å². The van der Waals surface area contributed by atoms with Crippen molar-refractivity contribution in [2.24, 2.45) is 5.92 Å². The molecule has 1 aliphatic carbocycles. The van der Waals surface area contributed by atoms with Crippen LogP contribution >= 0.6 is 0 Å². The molecule has 0 radical (unpaired) electrons. The average molecular weight is 499 g/mol. The summed E-state index contributed by atoms with van der Waals surface area (Å²) in [6.45, 7) is 7.81. The third-order valence-corrected chi connectivity index (χ3v) is 7.72. The Kier molecular flexibility index (Phi) is 7.79. The van der Waals surface area contributed by atoms with Crippen LogP contribution in [0.15, 0.2) is 59.4 Å². The second-order valence-electron chi connectivity index (χ2n) is 10.8. The third-order valence-electron chi connectivity index (χ3n) is 7.72. The van der Waals surface area contributed by atoms with Crippen LogP contribution in [0.4, 0.5) is 0 Å². The predicted molar refractivity (Wildman–Crippen MR) is 147 cm³/mol. The zero-order chi connectivity index (χ0) is 25.8. The highest BCUT2D eigenvalue weighted by molar-refractivity contribution is 5.79. The number of tetrazole rings is 1. The highest BCUT2D eigenvalue weighted by Crippen LogP contribution is 2.34. The summed E-state index contributed by atoms with van der Waals surface area (Å²) < 4.78 is 2.08. The van der Waals surface area contributed by atoms with E-state index in [2.05, 4.69) is 93.3 Å². The molecule has 7 nitrogen and oxygen atoms in total. The molecule has 0 amide bonds. The van der Waals surface area contributed by atoms with Gasteiger partial charge < -0.3 is 4.98 Å². The van der Waals surface area contributed by atoms with E-state index < -0.39 is 0 Å². The van der Waals surface area contributed by atoms with E-state index in [0.29, 0.717) is 19.1 Å². The van der Waals surface area contributed by atoms with Crippen LogP contribution < -0.4 is 5.56 Å². The van der Waals surface area contributed by atoms with Gasteiger partial charge in [0.1, 0.15) is 0 Å². The Labute approximate surface area is 218 Å². The van der Waals surface area contributed by atoms with Crippen LogP contribution in [0, 0.1) is 5.92 Å². The molecule has 5 rings (SSSR count). The molecule has 4 aromatic rings. The monoisotopic (exact) mass is 498 g/mol. The number of aryl methyl sites for hydroxylation is 1. The van der Waals surface area contributed by atoms with Gasteiger partial charge >= 0.3 is 0 Å². The van der Waals surface area contributed by atoms with E-state index in [4.69, 9.17) is 0 Å². The summed E-state index contributed by atoms with van der Waals surface area (Å²) in [4.78, 5) is 18.7. The van der Waals surface area contributed by atoms with Crippen LogP contribution in [-0.4, -0.2) is 30.1 Å². The van der Waals surface area contributed by atoms with E-state index in [9.17, 15) is 4.79 Å². The van der Waals surface area contributed by atoms with E-state index in [0.717, 1.165) is 41.6 Å². The summed E-state index contributed by atoms with van der Waals surface area (Å²) in [5.41, 5.74) is 4.07. The summed E-state index contributed by atoms with van der Waals surface area (Å²) in [7, 11) is 0. The van der Waals surface area contributed by atoms with Crippen molar-refractivity contribution in [3.8, 4) is 0 Å². The minimum absolute atomic E-state index is 0.0331. The summed E-state index contributed by atoms with van der Waals surface area (Å²) in [6, 6.07) is 19.1. The minimum atomic E-state index is -0.0378. The highest BCUT2D eigenvalue weighted by Gasteiger charge is 2.32. The number of hydrogen-bond donors (Lipinski definition) is 1. The first kappa shape index (κ1) is 25.3. The molecule has 1 unspecified atom stereocenters. The maximum absolute atomic E-state index is 13.2. The topological polar surface area (TPSA) is 79.7 Å². The maximum Gasteiger partial charge on any atom is 0.252 e. The second kappa shape index (κ2) is 11.4. The van der Waals surface area contributed by atoms with Gasteiger partial charge in [0.15, 0.2) is 5.82 Å². The number of rotatable bonds is 9. The van der Waals surface area contributed by atoms with Crippen LogP contribution in [0.25, 0.3) is 10.9 Å².